The molecule has 1 aliphatic rings. The molecule has 1 atom stereocenters. The van der Waals surface area contributed by atoms with Gasteiger partial charge in [-0.05, 0) is 43.3 Å². The van der Waals surface area contributed by atoms with Crippen molar-refractivity contribution in [2.45, 2.75) is 33.2 Å². The third-order valence-corrected chi connectivity index (χ3v) is 4.80. The number of thiophene rings is 1. The van der Waals surface area contributed by atoms with Gasteiger partial charge in [0, 0.05) is 11.4 Å². The summed E-state index contributed by atoms with van der Waals surface area (Å²) in [7, 11) is 0. The lowest BCUT2D eigenvalue weighted by Crippen LogP contribution is -2.41. The van der Waals surface area contributed by atoms with Crippen LogP contribution in [0.25, 0.3) is 0 Å². The maximum atomic E-state index is 12.3. The molecule has 1 aromatic heterocycles. The van der Waals surface area contributed by atoms with Gasteiger partial charge in [0.05, 0.1) is 12.0 Å². The SMILES string of the molecule is CCC1(C(=O)NCc2sccc2C)CCNC1. The Kier molecular flexibility index (Phi) is 3.84. The molecule has 0 saturated carbocycles. The average molecular weight is 252 g/mol. The summed E-state index contributed by atoms with van der Waals surface area (Å²) in [6.45, 7) is 6.63. The zero-order valence-corrected chi connectivity index (χ0v) is 11.3. The number of hydrogen-bond donors (Lipinski definition) is 2. The Morgan fingerprint density at radius 1 is 1.65 bits per heavy atom. The van der Waals surface area contributed by atoms with E-state index in [2.05, 4.69) is 35.9 Å². The smallest absolute Gasteiger partial charge is 0.227 e. The van der Waals surface area contributed by atoms with Crippen molar-refractivity contribution in [3.63, 3.8) is 0 Å². The van der Waals surface area contributed by atoms with Gasteiger partial charge >= 0.3 is 0 Å². The molecule has 1 unspecified atom stereocenters. The fourth-order valence-corrected chi connectivity index (χ4v) is 3.18. The largest absolute Gasteiger partial charge is 0.351 e. The fourth-order valence-electron chi connectivity index (χ4n) is 2.33. The van der Waals surface area contributed by atoms with Crippen LogP contribution in [0.3, 0.4) is 0 Å². The minimum absolute atomic E-state index is 0.175. The molecule has 0 spiro atoms. The van der Waals surface area contributed by atoms with E-state index < -0.39 is 0 Å². The number of nitrogens with one attached hydrogen (secondary N) is 2. The third-order valence-electron chi connectivity index (χ3n) is 3.78. The summed E-state index contributed by atoms with van der Waals surface area (Å²) in [5.41, 5.74) is 1.09. The molecule has 0 aliphatic carbocycles. The Morgan fingerprint density at radius 2 is 2.47 bits per heavy atom. The normalized spacial score (nSPS) is 23.9. The molecule has 1 fully saturated rings. The molecule has 2 N–H and O–H groups in total. The van der Waals surface area contributed by atoms with E-state index in [1.54, 1.807) is 11.3 Å². The van der Waals surface area contributed by atoms with Crippen molar-refractivity contribution in [3.8, 4) is 0 Å². The van der Waals surface area contributed by atoms with Gasteiger partial charge in [-0.3, -0.25) is 4.79 Å². The minimum Gasteiger partial charge on any atom is -0.351 e. The van der Waals surface area contributed by atoms with Gasteiger partial charge in [-0.1, -0.05) is 6.92 Å². The average Bonchev–Trinajstić information content (AvgIpc) is 2.95. The molecule has 4 heteroatoms. The molecular formula is C13H20N2OS. The summed E-state index contributed by atoms with van der Waals surface area (Å²) < 4.78 is 0. The number of amides is 1. The third kappa shape index (κ3) is 2.53. The molecule has 0 bridgehead atoms. The van der Waals surface area contributed by atoms with Crippen LogP contribution in [0, 0.1) is 12.3 Å². The second-order valence-electron chi connectivity index (χ2n) is 4.77. The summed E-state index contributed by atoms with van der Waals surface area (Å²) >= 11 is 1.71. The summed E-state index contributed by atoms with van der Waals surface area (Å²) in [5.74, 6) is 0.206. The first-order chi connectivity index (χ1) is 8.18. The van der Waals surface area contributed by atoms with Gasteiger partial charge in [-0.25, -0.2) is 0 Å². The van der Waals surface area contributed by atoms with Crippen LogP contribution in [-0.2, 0) is 11.3 Å². The molecule has 3 nitrogen and oxygen atoms in total. The lowest BCUT2D eigenvalue weighted by Gasteiger charge is -2.25. The van der Waals surface area contributed by atoms with E-state index in [0.29, 0.717) is 6.54 Å². The molecule has 1 amide bonds. The molecular weight excluding hydrogens is 232 g/mol. The molecule has 2 heterocycles. The fraction of sp³-hybridized carbons (Fsp3) is 0.615. The topological polar surface area (TPSA) is 41.1 Å². The summed E-state index contributed by atoms with van der Waals surface area (Å²) in [4.78, 5) is 13.5. The molecule has 0 aromatic carbocycles. The van der Waals surface area contributed by atoms with E-state index in [4.69, 9.17) is 0 Å². The summed E-state index contributed by atoms with van der Waals surface area (Å²) in [6.07, 6.45) is 1.87. The predicted octanol–water partition coefficient (Wildman–Crippen LogP) is 2.06. The van der Waals surface area contributed by atoms with Gasteiger partial charge in [-0.15, -0.1) is 11.3 Å². The Bertz CT molecular complexity index is 394. The Balaban J connectivity index is 1.95. The van der Waals surface area contributed by atoms with Gasteiger partial charge in [-0.2, -0.15) is 0 Å². The molecule has 2 rings (SSSR count). The van der Waals surface area contributed by atoms with E-state index in [1.807, 2.05) is 0 Å². The van der Waals surface area contributed by atoms with Crippen molar-refractivity contribution >= 4 is 17.2 Å². The monoisotopic (exact) mass is 252 g/mol. The summed E-state index contributed by atoms with van der Waals surface area (Å²) in [6, 6.07) is 2.10. The summed E-state index contributed by atoms with van der Waals surface area (Å²) in [5, 5.41) is 8.46. The zero-order chi connectivity index (χ0) is 12.3. The molecule has 94 valence electrons. The first kappa shape index (κ1) is 12.6. The van der Waals surface area contributed by atoms with Crippen molar-refractivity contribution in [1.29, 1.82) is 0 Å². The van der Waals surface area contributed by atoms with Gasteiger partial charge in [0.1, 0.15) is 0 Å². The van der Waals surface area contributed by atoms with E-state index in [1.165, 1.54) is 10.4 Å². The minimum atomic E-state index is -0.175. The van der Waals surface area contributed by atoms with Crippen molar-refractivity contribution in [2.24, 2.45) is 5.41 Å². The number of aryl methyl sites for hydroxylation is 1. The van der Waals surface area contributed by atoms with Crippen LogP contribution in [-0.4, -0.2) is 19.0 Å². The highest BCUT2D eigenvalue weighted by atomic mass is 32.1. The predicted molar refractivity (Wildman–Crippen MR) is 71.1 cm³/mol. The maximum absolute atomic E-state index is 12.3. The van der Waals surface area contributed by atoms with Crippen LogP contribution in [0.15, 0.2) is 11.4 Å². The van der Waals surface area contributed by atoms with E-state index in [9.17, 15) is 4.79 Å². The second kappa shape index (κ2) is 5.19. The van der Waals surface area contributed by atoms with Crippen LogP contribution >= 0.6 is 11.3 Å². The van der Waals surface area contributed by atoms with E-state index in [-0.39, 0.29) is 11.3 Å². The maximum Gasteiger partial charge on any atom is 0.227 e. The highest BCUT2D eigenvalue weighted by molar-refractivity contribution is 7.10. The van der Waals surface area contributed by atoms with Gasteiger partial charge in [0.15, 0.2) is 0 Å². The lowest BCUT2D eigenvalue weighted by atomic mass is 9.83. The van der Waals surface area contributed by atoms with Crippen molar-refractivity contribution in [1.82, 2.24) is 10.6 Å². The molecule has 0 radical (unpaired) electrons. The highest BCUT2D eigenvalue weighted by Gasteiger charge is 2.39. The van der Waals surface area contributed by atoms with Crippen LogP contribution in [0.4, 0.5) is 0 Å². The van der Waals surface area contributed by atoms with Crippen molar-refractivity contribution in [3.05, 3.63) is 21.9 Å². The highest BCUT2D eigenvalue weighted by Crippen LogP contribution is 2.29. The van der Waals surface area contributed by atoms with Gasteiger partial charge in [0.2, 0.25) is 5.91 Å². The number of carbonyl (C=O) groups excluding carboxylic acids is 1. The Morgan fingerprint density at radius 3 is 3.00 bits per heavy atom. The van der Waals surface area contributed by atoms with Crippen molar-refractivity contribution in [2.75, 3.05) is 13.1 Å². The Labute approximate surface area is 107 Å². The molecule has 1 aromatic rings. The zero-order valence-electron chi connectivity index (χ0n) is 10.5. The standard InChI is InChI=1S/C13H20N2OS/c1-3-13(5-6-14-9-13)12(16)15-8-11-10(2)4-7-17-11/h4,7,14H,3,5-6,8-9H2,1-2H3,(H,15,16). The quantitative estimate of drug-likeness (QED) is 0.861. The van der Waals surface area contributed by atoms with Crippen LogP contribution in [0.1, 0.15) is 30.2 Å². The molecule has 1 saturated heterocycles. The molecule has 1 aliphatic heterocycles. The lowest BCUT2D eigenvalue weighted by molar-refractivity contribution is -0.130. The number of hydrogen-bond acceptors (Lipinski definition) is 3. The van der Waals surface area contributed by atoms with Crippen LogP contribution < -0.4 is 10.6 Å². The van der Waals surface area contributed by atoms with E-state index >= 15 is 0 Å². The first-order valence-corrected chi connectivity index (χ1v) is 7.08. The van der Waals surface area contributed by atoms with E-state index in [0.717, 1.165) is 25.9 Å². The molecule has 17 heavy (non-hydrogen) atoms. The van der Waals surface area contributed by atoms with Crippen LogP contribution in [0.5, 0.6) is 0 Å². The van der Waals surface area contributed by atoms with Gasteiger partial charge < -0.3 is 10.6 Å². The number of rotatable bonds is 4. The Hall–Kier alpha value is -0.870. The van der Waals surface area contributed by atoms with Crippen molar-refractivity contribution < 1.29 is 4.79 Å². The van der Waals surface area contributed by atoms with Gasteiger partial charge in [0.25, 0.3) is 0 Å². The number of carbonyl (C=O) groups is 1. The van der Waals surface area contributed by atoms with Crippen LogP contribution in [0.2, 0.25) is 0 Å². The second-order valence-corrected chi connectivity index (χ2v) is 5.77. The first-order valence-electron chi connectivity index (χ1n) is 6.20.